The van der Waals surface area contributed by atoms with Crippen molar-refractivity contribution in [1.82, 2.24) is 9.97 Å². The molecule has 4 heteroatoms. The first-order valence-corrected chi connectivity index (χ1v) is 7.31. The smallest absolute Gasteiger partial charge is 0.133 e. The predicted molar refractivity (Wildman–Crippen MR) is 79.5 cm³/mol. The summed E-state index contributed by atoms with van der Waals surface area (Å²) in [5, 5.41) is 0. The van der Waals surface area contributed by atoms with E-state index in [4.69, 9.17) is 10.7 Å². The van der Waals surface area contributed by atoms with Gasteiger partial charge in [0.2, 0.25) is 0 Å². The first kappa shape index (κ1) is 14.3. The van der Waals surface area contributed by atoms with E-state index in [0.29, 0.717) is 18.0 Å². The van der Waals surface area contributed by atoms with Crippen LogP contribution in [0, 0.1) is 6.92 Å². The fourth-order valence-corrected chi connectivity index (χ4v) is 2.69. The van der Waals surface area contributed by atoms with E-state index in [1.54, 1.807) is 0 Å². The largest absolute Gasteiger partial charge is 0.357 e. The molecular formula is C15H26N4. The molecule has 0 unspecified atom stereocenters. The fraction of sp³-hybridized carbons (Fsp3) is 0.733. The molecule has 0 aliphatic heterocycles. The highest BCUT2D eigenvalue weighted by Gasteiger charge is 2.23. The second-order valence-corrected chi connectivity index (χ2v) is 6.06. The van der Waals surface area contributed by atoms with E-state index in [2.05, 4.69) is 36.8 Å². The molecule has 1 heterocycles. The number of hydrogen-bond acceptors (Lipinski definition) is 4. The maximum Gasteiger partial charge on any atom is 0.133 e. The molecule has 0 spiro atoms. The number of hydrogen-bond donors (Lipinski definition) is 1. The Kier molecular flexibility index (Phi) is 4.40. The normalized spacial score (nSPS) is 23.7. The van der Waals surface area contributed by atoms with Gasteiger partial charge in [-0.2, -0.15) is 0 Å². The number of aryl methyl sites for hydroxylation is 1. The summed E-state index contributed by atoms with van der Waals surface area (Å²) in [4.78, 5) is 11.5. The third-order valence-electron chi connectivity index (χ3n) is 4.02. The van der Waals surface area contributed by atoms with Gasteiger partial charge in [0.05, 0.1) is 0 Å². The first-order chi connectivity index (χ1) is 8.97. The van der Waals surface area contributed by atoms with Gasteiger partial charge in [-0.05, 0) is 32.6 Å². The maximum absolute atomic E-state index is 5.98. The third kappa shape index (κ3) is 3.44. The van der Waals surface area contributed by atoms with Gasteiger partial charge in [-0.1, -0.05) is 13.8 Å². The first-order valence-electron chi connectivity index (χ1n) is 7.31. The number of anilines is 1. The van der Waals surface area contributed by atoms with Gasteiger partial charge in [0.25, 0.3) is 0 Å². The van der Waals surface area contributed by atoms with Gasteiger partial charge in [-0.25, -0.2) is 9.97 Å². The average molecular weight is 262 g/mol. The summed E-state index contributed by atoms with van der Waals surface area (Å²) in [5.74, 6) is 2.36. The number of aromatic nitrogens is 2. The second-order valence-electron chi connectivity index (χ2n) is 6.06. The van der Waals surface area contributed by atoms with Crippen LogP contribution in [0.4, 0.5) is 5.82 Å². The van der Waals surface area contributed by atoms with Crippen LogP contribution in [0.5, 0.6) is 0 Å². The van der Waals surface area contributed by atoms with Crippen molar-refractivity contribution in [3.63, 3.8) is 0 Å². The highest BCUT2D eigenvalue weighted by molar-refractivity contribution is 5.40. The van der Waals surface area contributed by atoms with E-state index in [9.17, 15) is 0 Å². The van der Waals surface area contributed by atoms with Crippen molar-refractivity contribution in [2.24, 2.45) is 5.73 Å². The minimum Gasteiger partial charge on any atom is -0.357 e. The lowest BCUT2D eigenvalue weighted by Gasteiger charge is -2.34. The number of nitrogens with zero attached hydrogens (tertiary/aromatic N) is 3. The molecular weight excluding hydrogens is 236 g/mol. The van der Waals surface area contributed by atoms with Crippen LogP contribution in [-0.4, -0.2) is 29.1 Å². The number of rotatable bonds is 3. The van der Waals surface area contributed by atoms with Crippen molar-refractivity contribution in [1.29, 1.82) is 0 Å². The Balaban J connectivity index is 2.16. The highest BCUT2D eigenvalue weighted by atomic mass is 15.2. The molecule has 1 aromatic heterocycles. The molecule has 1 fully saturated rings. The quantitative estimate of drug-likeness (QED) is 0.909. The molecule has 0 aromatic carbocycles. The summed E-state index contributed by atoms with van der Waals surface area (Å²) < 4.78 is 0. The molecule has 0 saturated heterocycles. The zero-order valence-corrected chi connectivity index (χ0v) is 12.6. The molecule has 1 aliphatic rings. The molecule has 1 aromatic rings. The van der Waals surface area contributed by atoms with Crippen LogP contribution in [-0.2, 0) is 0 Å². The molecule has 2 rings (SSSR count). The SMILES string of the molecule is Cc1cc(N(C)C2CCC(N)CC2)nc(C(C)C)n1. The van der Waals surface area contributed by atoms with Crippen LogP contribution < -0.4 is 10.6 Å². The zero-order valence-electron chi connectivity index (χ0n) is 12.6. The summed E-state index contributed by atoms with van der Waals surface area (Å²) in [5.41, 5.74) is 7.03. The lowest BCUT2D eigenvalue weighted by Crippen LogP contribution is -2.39. The fourth-order valence-electron chi connectivity index (χ4n) is 2.69. The summed E-state index contributed by atoms with van der Waals surface area (Å²) in [6, 6.07) is 3.04. The Morgan fingerprint density at radius 3 is 2.42 bits per heavy atom. The molecule has 0 atom stereocenters. The van der Waals surface area contributed by atoms with Crippen LogP contribution in [0.3, 0.4) is 0 Å². The van der Waals surface area contributed by atoms with Crippen LogP contribution >= 0.6 is 0 Å². The molecule has 0 amide bonds. The topological polar surface area (TPSA) is 55.0 Å². The minimum absolute atomic E-state index is 0.367. The summed E-state index contributed by atoms with van der Waals surface area (Å²) >= 11 is 0. The summed E-state index contributed by atoms with van der Waals surface area (Å²) in [7, 11) is 2.15. The number of nitrogens with two attached hydrogens (primary N) is 1. The highest BCUT2D eigenvalue weighted by Crippen LogP contribution is 2.25. The van der Waals surface area contributed by atoms with Crippen molar-refractivity contribution in [3.8, 4) is 0 Å². The average Bonchev–Trinajstić information content (AvgIpc) is 2.38. The predicted octanol–water partition coefficient (Wildman–Crippen LogP) is 2.61. The molecule has 19 heavy (non-hydrogen) atoms. The van der Waals surface area contributed by atoms with Crippen LogP contribution in [0.15, 0.2) is 6.07 Å². The lowest BCUT2D eigenvalue weighted by atomic mass is 9.91. The maximum atomic E-state index is 5.98. The van der Waals surface area contributed by atoms with Gasteiger partial charge in [0.1, 0.15) is 11.6 Å². The summed E-state index contributed by atoms with van der Waals surface area (Å²) in [6.07, 6.45) is 4.57. The molecule has 1 aliphatic carbocycles. The molecule has 0 radical (unpaired) electrons. The Morgan fingerprint density at radius 1 is 1.21 bits per heavy atom. The van der Waals surface area contributed by atoms with E-state index in [-0.39, 0.29) is 0 Å². The van der Waals surface area contributed by atoms with E-state index in [1.807, 2.05) is 6.92 Å². The van der Waals surface area contributed by atoms with E-state index < -0.39 is 0 Å². The van der Waals surface area contributed by atoms with Gasteiger partial charge in [-0.3, -0.25) is 0 Å². The lowest BCUT2D eigenvalue weighted by molar-refractivity contribution is 0.383. The minimum atomic E-state index is 0.367. The van der Waals surface area contributed by atoms with Crippen molar-refractivity contribution < 1.29 is 0 Å². The van der Waals surface area contributed by atoms with E-state index in [0.717, 1.165) is 43.0 Å². The van der Waals surface area contributed by atoms with E-state index >= 15 is 0 Å². The van der Waals surface area contributed by atoms with Gasteiger partial charge < -0.3 is 10.6 Å². The summed E-state index contributed by atoms with van der Waals surface area (Å²) in [6.45, 7) is 6.32. The van der Waals surface area contributed by atoms with Crippen molar-refractivity contribution in [2.45, 2.75) is 64.5 Å². The zero-order chi connectivity index (χ0) is 14.0. The molecule has 0 bridgehead atoms. The molecule has 2 N–H and O–H groups in total. The van der Waals surface area contributed by atoms with Crippen LogP contribution in [0.1, 0.15) is 57.0 Å². The van der Waals surface area contributed by atoms with Gasteiger partial charge >= 0.3 is 0 Å². The molecule has 1 saturated carbocycles. The molecule has 106 valence electrons. The van der Waals surface area contributed by atoms with E-state index in [1.165, 1.54) is 0 Å². The monoisotopic (exact) mass is 262 g/mol. The Morgan fingerprint density at radius 2 is 1.84 bits per heavy atom. The van der Waals surface area contributed by atoms with Gasteiger partial charge in [0.15, 0.2) is 0 Å². The Hall–Kier alpha value is -1.16. The van der Waals surface area contributed by atoms with Crippen LogP contribution in [0.2, 0.25) is 0 Å². The van der Waals surface area contributed by atoms with Crippen molar-refractivity contribution in [2.75, 3.05) is 11.9 Å². The Bertz CT molecular complexity index is 422. The third-order valence-corrected chi connectivity index (χ3v) is 4.02. The van der Waals surface area contributed by atoms with Crippen molar-refractivity contribution in [3.05, 3.63) is 17.6 Å². The van der Waals surface area contributed by atoms with Gasteiger partial charge in [-0.15, -0.1) is 0 Å². The Labute approximate surface area is 116 Å². The van der Waals surface area contributed by atoms with Gasteiger partial charge in [0, 0.05) is 36.8 Å². The standard InChI is InChI=1S/C15H26N4/c1-10(2)15-17-11(3)9-14(18-15)19(4)13-7-5-12(16)6-8-13/h9-10,12-13H,5-8,16H2,1-4H3. The second kappa shape index (κ2) is 5.87. The molecule has 4 nitrogen and oxygen atoms in total. The van der Waals surface area contributed by atoms with Crippen LogP contribution in [0.25, 0.3) is 0 Å². The van der Waals surface area contributed by atoms with Crippen molar-refractivity contribution >= 4 is 5.82 Å².